The van der Waals surface area contributed by atoms with Crippen LogP contribution in [-0.4, -0.2) is 65.0 Å². The van der Waals surface area contributed by atoms with Crippen molar-refractivity contribution in [3.63, 3.8) is 0 Å². The number of nitrogens with zero attached hydrogens (tertiary/aromatic N) is 1. The molecule has 5 rings (SSSR count). The average Bonchev–Trinajstić information content (AvgIpc) is 3.34. The largest absolute Gasteiger partial charge is 0.488 e. The molecule has 2 aliphatic heterocycles. The Labute approximate surface area is 233 Å². The van der Waals surface area contributed by atoms with Crippen LogP contribution in [0.3, 0.4) is 0 Å². The average molecular weight is 550 g/mol. The van der Waals surface area contributed by atoms with E-state index in [2.05, 4.69) is 0 Å². The van der Waals surface area contributed by atoms with Crippen LogP contribution in [0.25, 0.3) is 11.1 Å². The summed E-state index contributed by atoms with van der Waals surface area (Å²) >= 11 is 0. The molecule has 0 spiro atoms. The summed E-state index contributed by atoms with van der Waals surface area (Å²) in [6, 6.07) is 8.29. The van der Waals surface area contributed by atoms with Crippen molar-refractivity contribution in [2.45, 2.75) is 71.1 Å². The van der Waals surface area contributed by atoms with Crippen LogP contribution in [0.5, 0.6) is 5.75 Å². The Balaban J connectivity index is 1.27. The minimum Gasteiger partial charge on any atom is -0.488 e. The highest BCUT2D eigenvalue weighted by atomic mass is 16.6. The van der Waals surface area contributed by atoms with E-state index in [0.29, 0.717) is 30.6 Å². The molecule has 212 valence electrons. The number of hydrogen-bond acceptors (Lipinski definition) is 8. The number of rotatable bonds is 6. The van der Waals surface area contributed by atoms with Crippen LogP contribution < -0.4 is 4.74 Å². The van der Waals surface area contributed by atoms with Crippen LogP contribution in [0.15, 0.2) is 30.3 Å². The van der Waals surface area contributed by atoms with Gasteiger partial charge in [0.25, 0.3) is 0 Å². The second-order valence-corrected chi connectivity index (χ2v) is 11.7. The van der Waals surface area contributed by atoms with Gasteiger partial charge in [-0.2, -0.15) is 0 Å². The first-order valence-electron chi connectivity index (χ1n) is 13.8. The molecule has 9 heteroatoms. The second-order valence-electron chi connectivity index (χ2n) is 11.7. The molecular weight excluding hydrogens is 514 g/mol. The van der Waals surface area contributed by atoms with Crippen molar-refractivity contribution < 1.29 is 38.5 Å². The van der Waals surface area contributed by atoms with Gasteiger partial charge in [-0.15, -0.1) is 0 Å². The zero-order valence-corrected chi connectivity index (χ0v) is 23.2. The quantitative estimate of drug-likeness (QED) is 0.413. The molecule has 2 atom stereocenters. The molecule has 0 bridgehead atoms. The Kier molecular flexibility index (Phi) is 7.68. The molecule has 1 aliphatic carbocycles. The molecule has 40 heavy (non-hydrogen) atoms. The summed E-state index contributed by atoms with van der Waals surface area (Å²) in [4.78, 5) is 52.4. The molecule has 2 aromatic rings. The number of carbonyl (C=O) groups is 4. The third kappa shape index (κ3) is 5.75. The maximum absolute atomic E-state index is 13.0. The van der Waals surface area contributed by atoms with Gasteiger partial charge in [-0.25, -0.2) is 9.59 Å². The molecule has 2 heterocycles. The van der Waals surface area contributed by atoms with Crippen molar-refractivity contribution in [2.75, 3.05) is 19.8 Å². The third-order valence-electron chi connectivity index (χ3n) is 7.63. The smallest absolute Gasteiger partial charge is 0.411 e. The van der Waals surface area contributed by atoms with Gasteiger partial charge >= 0.3 is 12.1 Å². The van der Waals surface area contributed by atoms with Crippen LogP contribution in [0.1, 0.15) is 78.3 Å². The van der Waals surface area contributed by atoms with Crippen molar-refractivity contribution in [3.05, 3.63) is 52.6 Å². The van der Waals surface area contributed by atoms with Crippen molar-refractivity contribution >= 4 is 23.6 Å². The Hall–Kier alpha value is -3.72. The summed E-state index contributed by atoms with van der Waals surface area (Å²) in [5.74, 6) is -0.302. The number of carbonyl (C=O) groups excluding carboxylic acids is 4. The van der Waals surface area contributed by atoms with Gasteiger partial charge in [-0.3, -0.25) is 14.5 Å². The number of ether oxygens (including phenoxy) is 3. The van der Waals surface area contributed by atoms with Crippen molar-refractivity contribution in [2.24, 2.45) is 5.92 Å². The molecule has 0 radical (unpaired) electrons. The van der Waals surface area contributed by atoms with Gasteiger partial charge in [0.1, 0.15) is 24.0 Å². The SMILES string of the molecule is CC(C)(C)OC(=O)N1C[C@@H](CCO)C[C@H]1C(=O)OCC(=O)c1ccc2c(c1)COc1cc3c(cc1-2)CCCC3=O. The maximum atomic E-state index is 13.0. The van der Waals surface area contributed by atoms with E-state index in [9.17, 15) is 24.3 Å². The fourth-order valence-corrected chi connectivity index (χ4v) is 5.68. The molecular formula is C31H35NO8. The first kappa shape index (κ1) is 27.8. The molecule has 9 nitrogen and oxygen atoms in total. The van der Waals surface area contributed by atoms with Gasteiger partial charge in [-0.1, -0.05) is 12.1 Å². The van der Waals surface area contributed by atoms with E-state index in [1.54, 1.807) is 32.9 Å². The number of ketones is 2. The predicted molar refractivity (Wildman–Crippen MR) is 145 cm³/mol. The van der Waals surface area contributed by atoms with Crippen LogP contribution in [-0.2, 0) is 27.3 Å². The zero-order chi connectivity index (χ0) is 28.6. The standard InChI is InChI=1S/C31H35NO8/c1-31(2,3)40-30(37)32-15-18(9-10-33)11-25(32)29(36)39-17-27(35)20-7-8-22-21(12-20)16-38-28-14-23-19(13-24(22)28)5-4-6-26(23)34/h7-8,12-14,18,25,33H,4-6,9-11,15-17H2,1-3H3/t18-,25-/m0/s1. The summed E-state index contributed by atoms with van der Waals surface area (Å²) in [6.07, 6.45) is 2.39. The molecule has 0 unspecified atom stereocenters. The van der Waals surface area contributed by atoms with Crippen molar-refractivity contribution in [1.29, 1.82) is 0 Å². The molecule has 1 N–H and O–H groups in total. The first-order valence-corrected chi connectivity index (χ1v) is 13.8. The molecule has 2 aromatic carbocycles. The number of likely N-dealkylation sites (tertiary alicyclic amines) is 1. The van der Waals surface area contributed by atoms with Crippen LogP contribution >= 0.6 is 0 Å². The summed E-state index contributed by atoms with van der Waals surface area (Å²) in [7, 11) is 0. The van der Waals surface area contributed by atoms with Gasteiger partial charge in [0.15, 0.2) is 18.2 Å². The van der Waals surface area contributed by atoms with Crippen LogP contribution in [0, 0.1) is 5.92 Å². The van der Waals surface area contributed by atoms with Crippen LogP contribution in [0.4, 0.5) is 4.79 Å². The van der Waals surface area contributed by atoms with E-state index in [1.165, 1.54) is 4.90 Å². The number of esters is 1. The second kappa shape index (κ2) is 11.0. The number of fused-ring (bicyclic) bond motifs is 4. The number of aliphatic hydroxyl groups is 1. The lowest BCUT2D eigenvalue weighted by molar-refractivity contribution is -0.147. The van der Waals surface area contributed by atoms with Gasteiger partial charge < -0.3 is 19.3 Å². The van der Waals surface area contributed by atoms with E-state index in [1.807, 2.05) is 18.2 Å². The molecule has 1 saturated heterocycles. The van der Waals surface area contributed by atoms with Crippen molar-refractivity contribution in [3.8, 4) is 16.9 Å². The number of aryl methyl sites for hydroxylation is 1. The van der Waals surface area contributed by atoms with Gasteiger partial charge in [0.2, 0.25) is 0 Å². The lowest BCUT2D eigenvalue weighted by Crippen LogP contribution is -2.44. The van der Waals surface area contributed by atoms with E-state index in [4.69, 9.17) is 14.2 Å². The fraction of sp³-hybridized carbons (Fsp3) is 0.484. The Morgan fingerprint density at radius 1 is 1.05 bits per heavy atom. The summed E-state index contributed by atoms with van der Waals surface area (Å²) in [6.45, 7) is 5.25. The number of hydrogen-bond donors (Lipinski definition) is 1. The lowest BCUT2D eigenvalue weighted by atomic mass is 9.86. The maximum Gasteiger partial charge on any atom is 0.411 e. The Morgan fingerprint density at radius 2 is 1.85 bits per heavy atom. The van der Waals surface area contributed by atoms with Crippen LogP contribution in [0.2, 0.25) is 0 Å². The number of benzene rings is 2. The van der Waals surface area contributed by atoms with Gasteiger partial charge in [-0.05, 0) is 87.3 Å². The van der Waals surface area contributed by atoms with E-state index >= 15 is 0 Å². The number of amides is 1. The Morgan fingerprint density at radius 3 is 2.60 bits per heavy atom. The fourth-order valence-electron chi connectivity index (χ4n) is 5.68. The topological polar surface area (TPSA) is 119 Å². The molecule has 0 aromatic heterocycles. The number of Topliss-reactive ketones (excluding diaryl/α,β-unsaturated/α-hetero) is 2. The molecule has 3 aliphatic rings. The Bertz CT molecular complexity index is 1360. The van der Waals surface area contributed by atoms with Gasteiger partial charge in [0, 0.05) is 36.3 Å². The molecule has 0 saturated carbocycles. The lowest BCUT2D eigenvalue weighted by Gasteiger charge is -2.27. The van der Waals surface area contributed by atoms with Gasteiger partial charge in [0.05, 0.1) is 0 Å². The zero-order valence-electron chi connectivity index (χ0n) is 23.2. The molecule has 1 amide bonds. The highest BCUT2D eigenvalue weighted by molar-refractivity contribution is 6.01. The monoisotopic (exact) mass is 549 g/mol. The first-order chi connectivity index (χ1) is 19.0. The number of aliphatic hydroxyl groups excluding tert-OH is 1. The highest BCUT2D eigenvalue weighted by Gasteiger charge is 2.42. The highest BCUT2D eigenvalue weighted by Crippen LogP contribution is 2.41. The third-order valence-corrected chi connectivity index (χ3v) is 7.63. The summed E-state index contributed by atoms with van der Waals surface area (Å²) < 4.78 is 16.8. The minimum absolute atomic E-state index is 0.0554. The molecule has 1 fully saturated rings. The van der Waals surface area contributed by atoms with E-state index in [0.717, 1.165) is 40.7 Å². The van der Waals surface area contributed by atoms with E-state index < -0.39 is 30.3 Å². The summed E-state index contributed by atoms with van der Waals surface area (Å²) in [5, 5.41) is 9.35. The van der Waals surface area contributed by atoms with Crippen molar-refractivity contribution in [1.82, 2.24) is 4.90 Å². The predicted octanol–water partition coefficient (Wildman–Crippen LogP) is 4.50. The van der Waals surface area contributed by atoms with E-state index in [-0.39, 0.29) is 37.2 Å². The summed E-state index contributed by atoms with van der Waals surface area (Å²) in [5.41, 5.74) is 4.10. The minimum atomic E-state index is -0.884. The normalized spacial score (nSPS) is 19.7.